The van der Waals surface area contributed by atoms with E-state index in [0.717, 1.165) is 0 Å². The fraction of sp³-hybridized carbons (Fsp3) is 0.364. The van der Waals surface area contributed by atoms with Gasteiger partial charge in [-0.2, -0.15) is 0 Å². The number of methoxy groups -OCH3 is 2. The lowest BCUT2D eigenvalue weighted by atomic mass is 10.2. The zero-order valence-corrected chi connectivity index (χ0v) is 10.2. The minimum absolute atomic E-state index is 0.0638. The van der Waals surface area contributed by atoms with Gasteiger partial charge < -0.3 is 14.4 Å². The van der Waals surface area contributed by atoms with Crippen LogP contribution in [0.4, 0.5) is 5.69 Å². The van der Waals surface area contributed by atoms with Crippen LogP contribution in [0.25, 0.3) is 0 Å². The summed E-state index contributed by atoms with van der Waals surface area (Å²) in [6.45, 7) is 0. The Hall–Kier alpha value is -1.42. The van der Waals surface area contributed by atoms with Crippen molar-refractivity contribution < 1.29 is 14.3 Å². The highest BCUT2D eigenvalue weighted by atomic mass is 35.5. The number of anilines is 1. The summed E-state index contributed by atoms with van der Waals surface area (Å²) >= 11 is 5.49. The number of rotatable bonds is 4. The Morgan fingerprint density at radius 3 is 2.56 bits per heavy atom. The third-order valence-electron chi connectivity index (χ3n) is 2.24. The molecule has 0 aliphatic carbocycles. The third kappa shape index (κ3) is 2.58. The lowest BCUT2D eigenvalue weighted by molar-refractivity contribution is -0.116. The fourth-order valence-electron chi connectivity index (χ4n) is 1.29. The molecule has 16 heavy (non-hydrogen) atoms. The van der Waals surface area contributed by atoms with Crippen LogP contribution in [-0.4, -0.2) is 33.1 Å². The van der Waals surface area contributed by atoms with Crippen LogP contribution < -0.4 is 14.4 Å². The largest absolute Gasteiger partial charge is 0.497 e. The summed E-state index contributed by atoms with van der Waals surface area (Å²) in [4.78, 5) is 12.9. The molecule has 1 aromatic carbocycles. The van der Waals surface area contributed by atoms with Gasteiger partial charge in [0.25, 0.3) is 0 Å². The van der Waals surface area contributed by atoms with Crippen LogP contribution in [0.1, 0.15) is 0 Å². The first kappa shape index (κ1) is 12.6. The molecule has 0 aromatic heterocycles. The van der Waals surface area contributed by atoms with Gasteiger partial charge >= 0.3 is 0 Å². The van der Waals surface area contributed by atoms with Crippen molar-refractivity contribution in [3.63, 3.8) is 0 Å². The summed E-state index contributed by atoms with van der Waals surface area (Å²) in [6, 6.07) is 5.23. The predicted octanol–water partition coefficient (Wildman–Crippen LogP) is 1.91. The van der Waals surface area contributed by atoms with Crippen LogP contribution in [-0.2, 0) is 4.79 Å². The van der Waals surface area contributed by atoms with E-state index in [4.69, 9.17) is 21.1 Å². The molecule has 0 heterocycles. The Bertz CT molecular complexity index is 381. The lowest BCUT2D eigenvalue weighted by Crippen LogP contribution is -2.27. The van der Waals surface area contributed by atoms with Gasteiger partial charge in [0.1, 0.15) is 17.4 Å². The second-order valence-corrected chi connectivity index (χ2v) is 3.39. The Kier molecular flexibility index (Phi) is 4.43. The van der Waals surface area contributed by atoms with Crippen molar-refractivity contribution in [3.8, 4) is 11.5 Å². The summed E-state index contributed by atoms with van der Waals surface area (Å²) in [5.41, 5.74) is 0.661. The molecule has 1 amide bonds. The molecule has 4 nitrogen and oxygen atoms in total. The number of ether oxygens (including phenoxy) is 2. The molecule has 0 bridgehead atoms. The van der Waals surface area contributed by atoms with Gasteiger partial charge in [-0.15, -0.1) is 11.6 Å². The molecule has 0 spiro atoms. The van der Waals surface area contributed by atoms with Crippen molar-refractivity contribution in [2.45, 2.75) is 0 Å². The van der Waals surface area contributed by atoms with Crippen molar-refractivity contribution in [2.24, 2.45) is 0 Å². The Morgan fingerprint density at radius 1 is 1.38 bits per heavy atom. The monoisotopic (exact) mass is 243 g/mol. The molecular formula is C11H14ClNO3. The fourth-order valence-corrected chi connectivity index (χ4v) is 1.47. The molecule has 0 saturated carbocycles. The summed E-state index contributed by atoms with van der Waals surface area (Å²) in [5.74, 6) is 0.990. The number of carbonyl (C=O) groups is 1. The number of hydrogen-bond donors (Lipinski definition) is 0. The molecule has 0 radical (unpaired) electrons. The average Bonchev–Trinajstić information content (AvgIpc) is 2.35. The van der Waals surface area contributed by atoms with Gasteiger partial charge in [0.05, 0.1) is 19.9 Å². The topological polar surface area (TPSA) is 38.8 Å². The predicted molar refractivity (Wildman–Crippen MR) is 63.7 cm³/mol. The summed E-state index contributed by atoms with van der Waals surface area (Å²) in [6.07, 6.45) is 0. The van der Waals surface area contributed by atoms with Gasteiger partial charge in [-0.05, 0) is 12.1 Å². The SMILES string of the molecule is COc1ccc(N(C)C(=O)CCl)c(OC)c1. The first-order valence-electron chi connectivity index (χ1n) is 4.68. The Balaban J connectivity index is 3.08. The molecule has 1 rings (SSSR count). The number of carbonyl (C=O) groups excluding carboxylic acids is 1. The van der Waals surface area contributed by atoms with Crippen LogP contribution in [0, 0.1) is 0 Å². The smallest absolute Gasteiger partial charge is 0.241 e. The highest BCUT2D eigenvalue weighted by molar-refractivity contribution is 6.29. The molecule has 0 fully saturated rings. The van der Waals surface area contributed by atoms with Gasteiger partial charge in [-0.3, -0.25) is 4.79 Å². The average molecular weight is 244 g/mol. The van der Waals surface area contributed by atoms with E-state index in [-0.39, 0.29) is 11.8 Å². The van der Waals surface area contributed by atoms with E-state index < -0.39 is 0 Å². The second-order valence-electron chi connectivity index (χ2n) is 3.12. The van der Waals surface area contributed by atoms with Crippen LogP contribution in [0.3, 0.4) is 0 Å². The van der Waals surface area contributed by atoms with Crippen LogP contribution in [0.15, 0.2) is 18.2 Å². The summed E-state index contributed by atoms with van der Waals surface area (Å²) < 4.78 is 10.3. The zero-order chi connectivity index (χ0) is 12.1. The first-order valence-corrected chi connectivity index (χ1v) is 5.22. The molecule has 88 valence electrons. The maximum absolute atomic E-state index is 11.4. The van der Waals surface area contributed by atoms with Crippen molar-refractivity contribution in [3.05, 3.63) is 18.2 Å². The number of halogens is 1. The normalized spacial score (nSPS) is 9.75. The molecule has 0 saturated heterocycles. The maximum Gasteiger partial charge on any atom is 0.241 e. The van der Waals surface area contributed by atoms with E-state index >= 15 is 0 Å². The third-order valence-corrected chi connectivity index (χ3v) is 2.47. The molecular weight excluding hydrogens is 230 g/mol. The van der Waals surface area contributed by atoms with Gasteiger partial charge in [-0.1, -0.05) is 0 Å². The van der Waals surface area contributed by atoms with E-state index in [0.29, 0.717) is 17.2 Å². The van der Waals surface area contributed by atoms with Gasteiger partial charge in [-0.25, -0.2) is 0 Å². The van der Waals surface area contributed by atoms with Crippen LogP contribution >= 0.6 is 11.6 Å². The van der Waals surface area contributed by atoms with E-state index in [1.165, 1.54) is 12.0 Å². The van der Waals surface area contributed by atoms with Crippen molar-refractivity contribution in [2.75, 3.05) is 32.0 Å². The first-order chi connectivity index (χ1) is 7.63. The molecule has 0 aliphatic rings. The van der Waals surface area contributed by atoms with Crippen molar-refractivity contribution >= 4 is 23.2 Å². The van der Waals surface area contributed by atoms with E-state index in [2.05, 4.69) is 0 Å². The molecule has 5 heteroatoms. The minimum Gasteiger partial charge on any atom is -0.497 e. The standard InChI is InChI=1S/C11H14ClNO3/c1-13(11(14)7-12)9-5-4-8(15-2)6-10(9)16-3/h4-6H,7H2,1-3H3. The highest BCUT2D eigenvalue weighted by Crippen LogP contribution is 2.31. The number of benzene rings is 1. The zero-order valence-electron chi connectivity index (χ0n) is 9.49. The minimum atomic E-state index is -0.190. The Morgan fingerprint density at radius 2 is 2.06 bits per heavy atom. The molecule has 0 N–H and O–H groups in total. The number of hydrogen-bond acceptors (Lipinski definition) is 3. The lowest BCUT2D eigenvalue weighted by Gasteiger charge is -2.19. The van der Waals surface area contributed by atoms with Crippen molar-refractivity contribution in [1.82, 2.24) is 0 Å². The Labute approximate surface area is 99.7 Å². The number of alkyl halides is 1. The van der Waals surface area contributed by atoms with Gasteiger partial charge in [0, 0.05) is 13.1 Å². The molecule has 1 aromatic rings. The van der Waals surface area contributed by atoms with Gasteiger partial charge in [0.15, 0.2) is 0 Å². The maximum atomic E-state index is 11.4. The number of nitrogens with zero attached hydrogens (tertiary/aromatic N) is 1. The van der Waals surface area contributed by atoms with Crippen LogP contribution in [0.5, 0.6) is 11.5 Å². The summed E-state index contributed by atoms with van der Waals surface area (Å²) in [5, 5.41) is 0. The summed E-state index contributed by atoms with van der Waals surface area (Å²) in [7, 11) is 4.76. The van der Waals surface area contributed by atoms with Crippen LogP contribution in [0.2, 0.25) is 0 Å². The molecule has 0 atom stereocenters. The van der Waals surface area contributed by atoms with E-state index in [1.807, 2.05) is 0 Å². The molecule has 0 unspecified atom stereocenters. The highest BCUT2D eigenvalue weighted by Gasteiger charge is 2.14. The van der Waals surface area contributed by atoms with E-state index in [1.54, 1.807) is 32.4 Å². The van der Waals surface area contributed by atoms with E-state index in [9.17, 15) is 4.79 Å². The quantitative estimate of drug-likeness (QED) is 0.759. The van der Waals surface area contributed by atoms with Gasteiger partial charge in [0.2, 0.25) is 5.91 Å². The molecule has 0 aliphatic heterocycles. The van der Waals surface area contributed by atoms with Crippen molar-refractivity contribution in [1.29, 1.82) is 0 Å². The second kappa shape index (κ2) is 5.61. The number of amides is 1.